The summed E-state index contributed by atoms with van der Waals surface area (Å²) in [6.45, 7) is 6.55. The van der Waals surface area contributed by atoms with Crippen LogP contribution in [-0.2, 0) is 29.6 Å². The topological polar surface area (TPSA) is 84.7 Å². The fourth-order valence-electron chi connectivity index (χ4n) is 3.80. The van der Waals surface area contributed by atoms with Crippen molar-refractivity contribution in [2.75, 3.05) is 26.4 Å². The maximum Gasteiger partial charge on any atom is 0.332 e. The van der Waals surface area contributed by atoms with Gasteiger partial charge in [-0.2, -0.15) is 4.98 Å². The zero-order chi connectivity index (χ0) is 22.0. The average Bonchev–Trinajstić information content (AvgIpc) is 3.32. The number of aromatic nitrogens is 5. The van der Waals surface area contributed by atoms with Gasteiger partial charge in [-0.05, 0) is 19.4 Å². The highest BCUT2D eigenvalue weighted by Crippen LogP contribution is 2.25. The van der Waals surface area contributed by atoms with Gasteiger partial charge in [-0.15, -0.1) is 0 Å². The van der Waals surface area contributed by atoms with E-state index in [1.807, 2.05) is 54.9 Å². The lowest BCUT2D eigenvalue weighted by atomic mass is 10.2. The standard InChI is InChI=1S/C22H27N5O4/c1-4-30-13-11-25-17(16-9-7-6-8-10-16)15-27-18-19(23-21(25)27)24(3)22(29)26(20(18)28)12-14-31-5-2/h6-10,15H,4-5,11-14H2,1-3H3. The molecule has 164 valence electrons. The predicted octanol–water partition coefficient (Wildman–Crippen LogP) is 1.89. The van der Waals surface area contributed by atoms with Crippen molar-refractivity contribution in [3.8, 4) is 11.3 Å². The third-order valence-electron chi connectivity index (χ3n) is 5.34. The van der Waals surface area contributed by atoms with Gasteiger partial charge in [0.05, 0.1) is 25.5 Å². The van der Waals surface area contributed by atoms with Crippen molar-refractivity contribution in [2.45, 2.75) is 26.9 Å². The predicted molar refractivity (Wildman–Crippen MR) is 119 cm³/mol. The van der Waals surface area contributed by atoms with Gasteiger partial charge in [0, 0.05) is 33.0 Å². The zero-order valence-corrected chi connectivity index (χ0v) is 18.1. The molecule has 0 aliphatic carbocycles. The second-order valence-corrected chi connectivity index (χ2v) is 7.18. The maximum atomic E-state index is 13.3. The normalized spacial score (nSPS) is 11.7. The molecule has 0 bridgehead atoms. The third kappa shape index (κ3) is 3.70. The van der Waals surface area contributed by atoms with Crippen molar-refractivity contribution in [1.82, 2.24) is 23.1 Å². The van der Waals surface area contributed by atoms with Crippen LogP contribution in [0.4, 0.5) is 0 Å². The van der Waals surface area contributed by atoms with Crippen LogP contribution in [0.3, 0.4) is 0 Å². The number of hydrogen-bond donors (Lipinski definition) is 0. The van der Waals surface area contributed by atoms with E-state index in [2.05, 4.69) is 4.98 Å². The van der Waals surface area contributed by atoms with Gasteiger partial charge in [0.15, 0.2) is 11.2 Å². The van der Waals surface area contributed by atoms with E-state index in [0.29, 0.717) is 49.9 Å². The van der Waals surface area contributed by atoms with Crippen LogP contribution < -0.4 is 11.2 Å². The van der Waals surface area contributed by atoms with Crippen molar-refractivity contribution in [3.05, 3.63) is 57.4 Å². The van der Waals surface area contributed by atoms with E-state index in [9.17, 15) is 9.59 Å². The monoisotopic (exact) mass is 425 g/mol. The van der Waals surface area contributed by atoms with Crippen LogP contribution in [-0.4, -0.2) is 49.5 Å². The summed E-state index contributed by atoms with van der Waals surface area (Å²) >= 11 is 0. The van der Waals surface area contributed by atoms with Crippen LogP contribution >= 0.6 is 0 Å². The fraction of sp³-hybridized carbons (Fsp3) is 0.409. The number of rotatable bonds is 9. The fourth-order valence-corrected chi connectivity index (χ4v) is 3.80. The molecule has 0 spiro atoms. The highest BCUT2D eigenvalue weighted by atomic mass is 16.5. The number of hydrogen-bond acceptors (Lipinski definition) is 5. The Bertz CT molecular complexity index is 1310. The number of fused-ring (bicyclic) bond motifs is 3. The first-order valence-electron chi connectivity index (χ1n) is 10.5. The Kier molecular flexibility index (Phi) is 6.06. The van der Waals surface area contributed by atoms with Crippen LogP contribution in [0.5, 0.6) is 0 Å². The second-order valence-electron chi connectivity index (χ2n) is 7.18. The van der Waals surface area contributed by atoms with Crippen LogP contribution in [0.2, 0.25) is 0 Å². The van der Waals surface area contributed by atoms with Crippen molar-refractivity contribution >= 4 is 16.9 Å². The first kappa shape index (κ1) is 21.1. The first-order chi connectivity index (χ1) is 15.1. The Hall–Kier alpha value is -3.17. The van der Waals surface area contributed by atoms with Crippen molar-refractivity contribution in [3.63, 3.8) is 0 Å². The second kappa shape index (κ2) is 8.91. The molecule has 0 amide bonds. The van der Waals surface area contributed by atoms with E-state index < -0.39 is 5.69 Å². The van der Waals surface area contributed by atoms with Crippen molar-refractivity contribution in [2.24, 2.45) is 7.05 Å². The maximum absolute atomic E-state index is 13.3. The van der Waals surface area contributed by atoms with Gasteiger partial charge >= 0.3 is 5.69 Å². The number of ether oxygens (including phenoxy) is 2. The molecule has 0 saturated heterocycles. The molecule has 0 fully saturated rings. The SMILES string of the molecule is CCOCCn1c(=O)c2c(nc3n(CCOCC)c(-c4ccccc4)cn23)n(C)c1=O. The summed E-state index contributed by atoms with van der Waals surface area (Å²) in [4.78, 5) is 30.8. The van der Waals surface area contributed by atoms with Crippen molar-refractivity contribution < 1.29 is 9.47 Å². The summed E-state index contributed by atoms with van der Waals surface area (Å²) in [5, 5.41) is 0. The molecule has 4 rings (SSSR count). The van der Waals surface area contributed by atoms with E-state index in [0.717, 1.165) is 11.3 Å². The Morgan fingerprint density at radius 3 is 2.23 bits per heavy atom. The molecule has 4 aromatic rings. The van der Waals surface area contributed by atoms with Crippen LogP contribution in [0, 0.1) is 0 Å². The van der Waals surface area contributed by atoms with Gasteiger partial charge in [-0.3, -0.25) is 18.3 Å². The minimum atomic E-state index is -0.401. The van der Waals surface area contributed by atoms with Crippen LogP contribution in [0.25, 0.3) is 28.2 Å². The number of imidazole rings is 2. The lowest BCUT2D eigenvalue weighted by Crippen LogP contribution is -2.40. The molecule has 0 saturated carbocycles. The highest BCUT2D eigenvalue weighted by molar-refractivity contribution is 5.78. The first-order valence-corrected chi connectivity index (χ1v) is 10.5. The van der Waals surface area contributed by atoms with Gasteiger partial charge in [-0.25, -0.2) is 4.79 Å². The summed E-state index contributed by atoms with van der Waals surface area (Å²) in [5.74, 6) is 0.600. The smallest absolute Gasteiger partial charge is 0.332 e. The van der Waals surface area contributed by atoms with Gasteiger partial charge < -0.3 is 14.0 Å². The van der Waals surface area contributed by atoms with E-state index in [4.69, 9.17) is 9.47 Å². The molecule has 9 nitrogen and oxygen atoms in total. The molecule has 0 aliphatic rings. The molecule has 1 aromatic carbocycles. The summed E-state index contributed by atoms with van der Waals surface area (Å²) in [6.07, 6.45) is 1.91. The van der Waals surface area contributed by atoms with Crippen molar-refractivity contribution in [1.29, 1.82) is 0 Å². The minimum absolute atomic E-state index is 0.194. The van der Waals surface area contributed by atoms with Gasteiger partial charge in [0.2, 0.25) is 5.78 Å². The summed E-state index contributed by atoms with van der Waals surface area (Å²) in [7, 11) is 1.64. The lowest BCUT2D eigenvalue weighted by molar-refractivity contribution is 0.137. The minimum Gasteiger partial charge on any atom is -0.380 e. The molecular formula is C22H27N5O4. The van der Waals surface area contributed by atoms with E-state index in [1.54, 1.807) is 11.4 Å². The summed E-state index contributed by atoms with van der Waals surface area (Å²) < 4.78 is 17.4. The summed E-state index contributed by atoms with van der Waals surface area (Å²) in [6, 6.07) is 9.94. The van der Waals surface area contributed by atoms with Gasteiger partial charge in [0.1, 0.15) is 0 Å². The molecular weight excluding hydrogens is 398 g/mol. The summed E-state index contributed by atoms with van der Waals surface area (Å²) in [5.41, 5.74) is 1.91. The molecule has 0 unspecified atom stereocenters. The number of aryl methyl sites for hydroxylation is 1. The Morgan fingerprint density at radius 1 is 0.935 bits per heavy atom. The number of benzene rings is 1. The molecule has 0 aliphatic heterocycles. The third-order valence-corrected chi connectivity index (χ3v) is 5.34. The molecule has 0 N–H and O–H groups in total. The van der Waals surface area contributed by atoms with E-state index in [1.165, 1.54) is 9.13 Å². The molecule has 9 heteroatoms. The molecule has 3 heterocycles. The molecule has 31 heavy (non-hydrogen) atoms. The van der Waals surface area contributed by atoms with Gasteiger partial charge in [-0.1, -0.05) is 30.3 Å². The Labute approximate surface area is 179 Å². The largest absolute Gasteiger partial charge is 0.380 e. The van der Waals surface area contributed by atoms with E-state index >= 15 is 0 Å². The molecule has 0 radical (unpaired) electrons. The zero-order valence-electron chi connectivity index (χ0n) is 18.1. The number of nitrogens with zero attached hydrogens (tertiary/aromatic N) is 5. The Balaban J connectivity index is 1.96. The lowest BCUT2D eigenvalue weighted by Gasteiger charge is -2.09. The van der Waals surface area contributed by atoms with Crippen LogP contribution in [0.1, 0.15) is 13.8 Å². The van der Waals surface area contributed by atoms with Gasteiger partial charge in [0.25, 0.3) is 5.56 Å². The average molecular weight is 425 g/mol. The van der Waals surface area contributed by atoms with Crippen LogP contribution in [0.15, 0.2) is 46.1 Å². The quantitative estimate of drug-likeness (QED) is 0.383. The highest BCUT2D eigenvalue weighted by Gasteiger charge is 2.21. The molecule has 0 atom stereocenters. The van der Waals surface area contributed by atoms with E-state index in [-0.39, 0.29) is 12.1 Å². The molecule has 3 aromatic heterocycles. The Morgan fingerprint density at radius 2 is 1.58 bits per heavy atom.